The fourth-order valence-corrected chi connectivity index (χ4v) is 4.96. The molecule has 0 atom stereocenters. The second-order valence-corrected chi connectivity index (χ2v) is 10.3. The summed E-state index contributed by atoms with van der Waals surface area (Å²) in [6.07, 6.45) is 4.87. The lowest BCUT2D eigenvalue weighted by Gasteiger charge is -2.27. The number of morpholine rings is 2. The lowest BCUT2D eigenvalue weighted by molar-refractivity contribution is -0.117. The minimum Gasteiger partial charge on any atom is -0.378 e. The van der Waals surface area contributed by atoms with Gasteiger partial charge in [0.25, 0.3) is 11.8 Å². The van der Waals surface area contributed by atoms with Crippen LogP contribution in [0.3, 0.4) is 0 Å². The van der Waals surface area contributed by atoms with Crippen molar-refractivity contribution in [3.63, 3.8) is 0 Å². The Balaban J connectivity index is 1.12. The molecule has 220 valence electrons. The van der Waals surface area contributed by atoms with Crippen molar-refractivity contribution in [3.8, 4) is 0 Å². The predicted octanol–water partition coefficient (Wildman–Crippen LogP) is 3.94. The topological polar surface area (TPSA) is 117 Å². The zero-order valence-corrected chi connectivity index (χ0v) is 23.6. The number of para-hydroxylation sites is 2. The molecule has 2 heterocycles. The van der Waals surface area contributed by atoms with Crippen LogP contribution < -0.4 is 10.6 Å². The second kappa shape index (κ2) is 15.9. The molecule has 0 aliphatic carbocycles. The number of hydrogen-bond acceptors (Lipinski definition) is 6. The summed E-state index contributed by atoms with van der Waals surface area (Å²) in [6.45, 7) is 4.28. The van der Waals surface area contributed by atoms with Gasteiger partial charge in [-0.05, 0) is 37.1 Å². The van der Waals surface area contributed by atoms with Crippen molar-refractivity contribution in [2.24, 2.45) is 0 Å². The number of carbonyl (C=O) groups is 4. The first-order valence-electron chi connectivity index (χ1n) is 14.5. The van der Waals surface area contributed by atoms with Gasteiger partial charge in [0.1, 0.15) is 0 Å². The zero-order chi connectivity index (χ0) is 28.9. The third kappa shape index (κ3) is 9.12. The normalized spacial score (nSPS) is 15.3. The van der Waals surface area contributed by atoms with Crippen molar-refractivity contribution >= 4 is 35.0 Å². The zero-order valence-electron chi connectivity index (χ0n) is 23.6. The summed E-state index contributed by atoms with van der Waals surface area (Å²) < 4.78 is 10.7. The van der Waals surface area contributed by atoms with Gasteiger partial charge >= 0.3 is 0 Å². The number of anilines is 2. The van der Waals surface area contributed by atoms with Crippen molar-refractivity contribution in [2.45, 2.75) is 44.9 Å². The minimum atomic E-state index is -0.114. The Morgan fingerprint density at radius 2 is 0.927 bits per heavy atom. The predicted molar refractivity (Wildman–Crippen MR) is 156 cm³/mol. The van der Waals surface area contributed by atoms with Crippen molar-refractivity contribution in [2.75, 3.05) is 63.2 Å². The summed E-state index contributed by atoms with van der Waals surface area (Å²) in [5.74, 6) is -0.422. The van der Waals surface area contributed by atoms with Gasteiger partial charge in [-0.3, -0.25) is 19.2 Å². The standard InChI is InChI=1S/C31H40N4O6/c36-28(32-26-12-8-6-10-24(26)30(38)34-16-20-40-21-17-34)14-4-2-1-3-5-15-29(37)33-27-13-9-7-11-25(27)31(39)35-18-22-41-23-19-35/h6-13H,1-5,14-23H2,(H,32,36)(H,33,37). The molecule has 4 amide bonds. The fourth-order valence-electron chi connectivity index (χ4n) is 4.96. The molecule has 10 heteroatoms. The molecule has 2 fully saturated rings. The van der Waals surface area contributed by atoms with Gasteiger partial charge in [-0.25, -0.2) is 0 Å². The van der Waals surface area contributed by atoms with E-state index in [0.29, 0.717) is 87.9 Å². The highest BCUT2D eigenvalue weighted by Crippen LogP contribution is 2.20. The molecule has 0 unspecified atom stereocenters. The monoisotopic (exact) mass is 564 g/mol. The number of benzene rings is 2. The van der Waals surface area contributed by atoms with E-state index in [2.05, 4.69) is 10.6 Å². The molecule has 2 aliphatic heterocycles. The third-order valence-corrected chi connectivity index (χ3v) is 7.27. The Bertz CT molecular complexity index is 1100. The van der Waals surface area contributed by atoms with Crippen molar-refractivity contribution in [3.05, 3.63) is 59.7 Å². The van der Waals surface area contributed by atoms with Crippen LogP contribution >= 0.6 is 0 Å². The number of hydrogen-bond donors (Lipinski definition) is 2. The fraction of sp³-hybridized carbons (Fsp3) is 0.484. The van der Waals surface area contributed by atoms with Crippen LogP contribution in [-0.2, 0) is 19.1 Å². The quantitative estimate of drug-likeness (QED) is 0.377. The van der Waals surface area contributed by atoms with Crippen LogP contribution in [0, 0.1) is 0 Å². The summed E-state index contributed by atoms with van der Waals surface area (Å²) in [5, 5.41) is 5.80. The maximum absolute atomic E-state index is 12.9. The molecule has 10 nitrogen and oxygen atoms in total. The second-order valence-electron chi connectivity index (χ2n) is 10.3. The Hall–Kier alpha value is -3.76. The molecule has 0 spiro atoms. The smallest absolute Gasteiger partial charge is 0.256 e. The molecule has 2 N–H and O–H groups in total. The molecule has 2 aromatic carbocycles. The average Bonchev–Trinajstić information content (AvgIpc) is 3.01. The molecule has 0 bridgehead atoms. The molecule has 2 saturated heterocycles. The van der Waals surface area contributed by atoms with E-state index in [0.717, 1.165) is 32.1 Å². The van der Waals surface area contributed by atoms with Crippen LogP contribution in [0.4, 0.5) is 11.4 Å². The van der Waals surface area contributed by atoms with Crippen LogP contribution in [0.25, 0.3) is 0 Å². The first kappa shape index (κ1) is 30.2. The van der Waals surface area contributed by atoms with Crippen molar-refractivity contribution in [1.29, 1.82) is 0 Å². The van der Waals surface area contributed by atoms with Crippen LogP contribution in [0.15, 0.2) is 48.5 Å². The first-order chi connectivity index (χ1) is 20.0. The molecule has 0 saturated carbocycles. The van der Waals surface area contributed by atoms with Gasteiger partial charge in [0.2, 0.25) is 11.8 Å². The Labute approximate surface area is 241 Å². The van der Waals surface area contributed by atoms with Gasteiger partial charge < -0.3 is 29.9 Å². The molecule has 41 heavy (non-hydrogen) atoms. The van der Waals surface area contributed by atoms with Gasteiger partial charge in [0, 0.05) is 39.0 Å². The molecule has 0 radical (unpaired) electrons. The molecule has 4 rings (SSSR count). The maximum atomic E-state index is 12.9. The summed E-state index contributed by atoms with van der Waals surface area (Å²) in [4.78, 5) is 54.4. The Morgan fingerprint density at radius 1 is 0.561 bits per heavy atom. The van der Waals surface area contributed by atoms with Gasteiger partial charge in [-0.1, -0.05) is 43.5 Å². The third-order valence-electron chi connectivity index (χ3n) is 7.27. The van der Waals surface area contributed by atoms with Gasteiger partial charge in [0.15, 0.2) is 0 Å². The number of amides is 4. The van der Waals surface area contributed by atoms with E-state index >= 15 is 0 Å². The average molecular weight is 565 g/mol. The molecular formula is C31H40N4O6. The van der Waals surface area contributed by atoms with Crippen molar-refractivity contribution < 1.29 is 28.7 Å². The van der Waals surface area contributed by atoms with E-state index in [1.165, 1.54) is 0 Å². The van der Waals surface area contributed by atoms with E-state index in [1.54, 1.807) is 46.2 Å². The number of ether oxygens (including phenoxy) is 2. The molecule has 0 aromatic heterocycles. The van der Waals surface area contributed by atoms with E-state index in [9.17, 15) is 19.2 Å². The van der Waals surface area contributed by atoms with Gasteiger partial charge in [-0.2, -0.15) is 0 Å². The summed E-state index contributed by atoms with van der Waals surface area (Å²) in [5.41, 5.74) is 2.06. The number of carbonyl (C=O) groups excluding carboxylic acids is 4. The van der Waals surface area contributed by atoms with Crippen LogP contribution in [0.1, 0.15) is 65.7 Å². The van der Waals surface area contributed by atoms with Gasteiger partial charge in [0.05, 0.1) is 48.9 Å². The highest BCUT2D eigenvalue weighted by Gasteiger charge is 2.22. The Morgan fingerprint density at radius 3 is 1.34 bits per heavy atom. The van der Waals surface area contributed by atoms with E-state index in [-0.39, 0.29) is 23.6 Å². The number of nitrogens with one attached hydrogen (secondary N) is 2. The number of rotatable bonds is 12. The van der Waals surface area contributed by atoms with Crippen LogP contribution in [0.5, 0.6) is 0 Å². The maximum Gasteiger partial charge on any atom is 0.256 e. The lowest BCUT2D eigenvalue weighted by atomic mass is 10.1. The van der Waals surface area contributed by atoms with E-state index in [4.69, 9.17) is 9.47 Å². The lowest BCUT2D eigenvalue weighted by Crippen LogP contribution is -2.41. The summed E-state index contributed by atoms with van der Waals surface area (Å²) in [7, 11) is 0. The summed E-state index contributed by atoms with van der Waals surface area (Å²) in [6, 6.07) is 14.2. The molecular weight excluding hydrogens is 524 g/mol. The minimum absolute atomic E-state index is 0.0968. The van der Waals surface area contributed by atoms with E-state index < -0.39 is 0 Å². The highest BCUT2D eigenvalue weighted by molar-refractivity contribution is 6.04. The van der Waals surface area contributed by atoms with Gasteiger partial charge in [-0.15, -0.1) is 0 Å². The van der Waals surface area contributed by atoms with Crippen LogP contribution in [-0.4, -0.2) is 86.0 Å². The van der Waals surface area contributed by atoms with Crippen molar-refractivity contribution in [1.82, 2.24) is 9.80 Å². The number of nitrogens with zero attached hydrogens (tertiary/aromatic N) is 2. The summed E-state index contributed by atoms with van der Waals surface area (Å²) >= 11 is 0. The molecule has 2 aromatic rings. The van der Waals surface area contributed by atoms with E-state index in [1.807, 2.05) is 12.1 Å². The molecule has 2 aliphatic rings. The SMILES string of the molecule is O=C(CCCCCCCC(=O)Nc1ccccc1C(=O)N1CCOCC1)Nc1ccccc1C(=O)N1CCOCC1. The largest absolute Gasteiger partial charge is 0.378 e. The first-order valence-corrected chi connectivity index (χ1v) is 14.5. The van der Waals surface area contributed by atoms with Crippen LogP contribution in [0.2, 0.25) is 0 Å². The number of unbranched alkanes of at least 4 members (excludes halogenated alkanes) is 4. The Kier molecular flexibility index (Phi) is 11.7. The highest BCUT2D eigenvalue weighted by atomic mass is 16.5.